The molecule has 0 atom stereocenters. The number of ether oxygens (including phenoxy) is 2. The van der Waals surface area contributed by atoms with Crippen molar-refractivity contribution in [1.82, 2.24) is 0 Å². The highest BCUT2D eigenvalue weighted by Crippen LogP contribution is 2.29. The van der Waals surface area contributed by atoms with Gasteiger partial charge >= 0.3 is 5.97 Å². The van der Waals surface area contributed by atoms with Crippen LogP contribution in [0, 0.1) is 6.92 Å². The van der Waals surface area contributed by atoms with E-state index in [-0.39, 0.29) is 12.0 Å². The number of nitrogens with one attached hydrogen (secondary N) is 1. The van der Waals surface area contributed by atoms with Gasteiger partial charge in [0.1, 0.15) is 10.8 Å². The molecule has 6 heteroatoms. The first kappa shape index (κ1) is 18.0. The molecule has 0 bridgehead atoms. The Hall–Kier alpha value is -2.34. The molecule has 0 unspecified atom stereocenters. The Kier molecular flexibility index (Phi) is 5.98. The van der Waals surface area contributed by atoms with Crippen molar-refractivity contribution in [3.8, 4) is 5.75 Å². The molecule has 0 aliphatic carbocycles. The van der Waals surface area contributed by atoms with Gasteiger partial charge in [0.15, 0.2) is 0 Å². The van der Waals surface area contributed by atoms with Gasteiger partial charge in [0, 0.05) is 10.4 Å². The summed E-state index contributed by atoms with van der Waals surface area (Å²) < 4.78 is 10.6. The molecule has 2 aromatic rings. The molecule has 0 aliphatic heterocycles. The first-order valence-electron chi connectivity index (χ1n) is 7.76. The Morgan fingerprint density at radius 3 is 2.46 bits per heavy atom. The number of rotatable bonds is 6. The predicted molar refractivity (Wildman–Crippen MR) is 95.2 cm³/mol. The summed E-state index contributed by atoms with van der Waals surface area (Å²) in [7, 11) is 0. The molecule has 128 valence electrons. The zero-order valence-corrected chi connectivity index (χ0v) is 15.0. The van der Waals surface area contributed by atoms with E-state index < -0.39 is 5.97 Å². The highest BCUT2D eigenvalue weighted by atomic mass is 32.1. The monoisotopic (exact) mass is 347 g/mol. The second-order valence-electron chi connectivity index (χ2n) is 5.47. The number of thiophene rings is 1. The molecular weight excluding hydrogens is 326 g/mol. The average Bonchev–Trinajstić information content (AvgIpc) is 2.88. The minimum absolute atomic E-state index is 0.0749. The lowest BCUT2D eigenvalue weighted by atomic mass is 10.2. The van der Waals surface area contributed by atoms with Crippen molar-refractivity contribution in [2.24, 2.45) is 0 Å². The molecule has 0 aliphatic rings. The van der Waals surface area contributed by atoms with Gasteiger partial charge in [-0.05, 0) is 58.0 Å². The van der Waals surface area contributed by atoms with Crippen LogP contribution in [0.3, 0.4) is 0 Å². The van der Waals surface area contributed by atoms with Crippen LogP contribution < -0.4 is 10.1 Å². The van der Waals surface area contributed by atoms with Crippen molar-refractivity contribution in [2.45, 2.75) is 33.8 Å². The minimum atomic E-state index is -0.433. The molecule has 0 spiro atoms. The minimum Gasteiger partial charge on any atom is -0.491 e. The number of anilines is 1. The molecule has 0 saturated carbocycles. The second-order valence-corrected chi connectivity index (χ2v) is 6.72. The molecule has 5 nitrogen and oxygen atoms in total. The summed E-state index contributed by atoms with van der Waals surface area (Å²) in [5.41, 5.74) is 0.874. The fraction of sp³-hybridized carbons (Fsp3) is 0.333. The van der Waals surface area contributed by atoms with E-state index in [0.29, 0.717) is 28.5 Å². The fourth-order valence-electron chi connectivity index (χ4n) is 2.10. The topological polar surface area (TPSA) is 64.6 Å². The van der Waals surface area contributed by atoms with E-state index in [1.54, 1.807) is 37.3 Å². The molecular formula is C18H21NO4S. The third-order valence-corrected chi connectivity index (χ3v) is 4.03. The summed E-state index contributed by atoms with van der Waals surface area (Å²) in [5, 5.41) is 3.28. The van der Waals surface area contributed by atoms with Crippen LogP contribution in [0.2, 0.25) is 0 Å². The van der Waals surface area contributed by atoms with E-state index in [1.165, 1.54) is 11.3 Å². The van der Waals surface area contributed by atoms with Gasteiger partial charge in [-0.1, -0.05) is 0 Å². The van der Waals surface area contributed by atoms with E-state index in [1.807, 2.05) is 20.8 Å². The van der Waals surface area contributed by atoms with Crippen molar-refractivity contribution in [2.75, 3.05) is 11.9 Å². The molecule has 1 aromatic carbocycles. The van der Waals surface area contributed by atoms with E-state index >= 15 is 0 Å². The summed E-state index contributed by atoms with van der Waals surface area (Å²) in [6, 6.07) is 8.61. The Morgan fingerprint density at radius 1 is 1.21 bits per heavy atom. The standard InChI is InChI=1S/C18H21NO4S/c1-5-22-18(21)15-10-12(4)24-17(15)19-16(20)13-6-8-14(9-7-13)23-11(2)3/h6-11H,5H2,1-4H3,(H,19,20). The maximum Gasteiger partial charge on any atom is 0.341 e. The lowest BCUT2D eigenvalue weighted by Gasteiger charge is -2.10. The Balaban J connectivity index is 2.13. The molecule has 0 radical (unpaired) electrons. The smallest absolute Gasteiger partial charge is 0.341 e. The summed E-state index contributed by atoms with van der Waals surface area (Å²) in [6.07, 6.45) is 0.0749. The molecule has 1 heterocycles. The number of carbonyl (C=O) groups is 2. The van der Waals surface area contributed by atoms with Crippen LogP contribution in [-0.2, 0) is 4.74 Å². The van der Waals surface area contributed by atoms with Gasteiger partial charge in [0.2, 0.25) is 0 Å². The summed E-state index contributed by atoms with van der Waals surface area (Å²) in [6.45, 7) is 7.79. The highest BCUT2D eigenvalue weighted by molar-refractivity contribution is 7.16. The third kappa shape index (κ3) is 4.58. The molecule has 2 rings (SSSR count). The summed E-state index contributed by atoms with van der Waals surface area (Å²) in [5.74, 6) is -0.00272. The molecule has 1 aromatic heterocycles. The van der Waals surface area contributed by atoms with Crippen LogP contribution >= 0.6 is 11.3 Å². The van der Waals surface area contributed by atoms with Crippen molar-refractivity contribution in [3.05, 3.63) is 46.3 Å². The SMILES string of the molecule is CCOC(=O)c1cc(C)sc1NC(=O)c1ccc(OC(C)C)cc1. The van der Waals surface area contributed by atoms with Crippen LogP contribution in [0.5, 0.6) is 5.75 Å². The van der Waals surface area contributed by atoms with Gasteiger partial charge in [-0.15, -0.1) is 11.3 Å². The van der Waals surface area contributed by atoms with Crippen LogP contribution in [0.1, 0.15) is 46.4 Å². The predicted octanol–water partition coefficient (Wildman–Crippen LogP) is 4.27. The van der Waals surface area contributed by atoms with Gasteiger partial charge in [-0.25, -0.2) is 4.79 Å². The first-order valence-corrected chi connectivity index (χ1v) is 8.58. The maximum atomic E-state index is 12.4. The van der Waals surface area contributed by atoms with Gasteiger partial charge in [0.05, 0.1) is 18.3 Å². The average molecular weight is 347 g/mol. The number of hydrogen-bond acceptors (Lipinski definition) is 5. The number of aryl methyl sites for hydroxylation is 1. The first-order chi connectivity index (χ1) is 11.4. The van der Waals surface area contributed by atoms with E-state index in [2.05, 4.69) is 5.32 Å². The van der Waals surface area contributed by atoms with Crippen molar-refractivity contribution < 1.29 is 19.1 Å². The quantitative estimate of drug-likeness (QED) is 0.793. The number of carbonyl (C=O) groups excluding carboxylic acids is 2. The Morgan fingerprint density at radius 2 is 1.88 bits per heavy atom. The number of benzene rings is 1. The van der Waals surface area contributed by atoms with Gasteiger partial charge in [-0.2, -0.15) is 0 Å². The second kappa shape index (κ2) is 7.97. The molecule has 1 N–H and O–H groups in total. The highest BCUT2D eigenvalue weighted by Gasteiger charge is 2.18. The molecule has 24 heavy (non-hydrogen) atoms. The lowest BCUT2D eigenvalue weighted by molar-refractivity contribution is 0.0528. The van der Waals surface area contributed by atoms with Crippen molar-refractivity contribution in [3.63, 3.8) is 0 Å². The van der Waals surface area contributed by atoms with Crippen molar-refractivity contribution >= 4 is 28.2 Å². The van der Waals surface area contributed by atoms with E-state index in [0.717, 1.165) is 4.88 Å². The van der Waals surface area contributed by atoms with Crippen LogP contribution in [-0.4, -0.2) is 24.6 Å². The van der Waals surface area contributed by atoms with Crippen molar-refractivity contribution in [1.29, 1.82) is 0 Å². The van der Waals surface area contributed by atoms with Crippen LogP contribution in [0.25, 0.3) is 0 Å². The molecule has 1 amide bonds. The van der Waals surface area contributed by atoms with Gasteiger partial charge in [-0.3, -0.25) is 4.79 Å². The van der Waals surface area contributed by atoms with Gasteiger partial charge < -0.3 is 14.8 Å². The maximum absolute atomic E-state index is 12.4. The zero-order valence-electron chi connectivity index (χ0n) is 14.2. The largest absolute Gasteiger partial charge is 0.491 e. The van der Waals surface area contributed by atoms with E-state index in [4.69, 9.17) is 9.47 Å². The number of esters is 1. The normalized spacial score (nSPS) is 10.5. The lowest BCUT2D eigenvalue weighted by Crippen LogP contribution is -2.14. The summed E-state index contributed by atoms with van der Waals surface area (Å²) in [4.78, 5) is 25.3. The Bertz CT molecular complexity index is 719. The van der Waals surface area contributed by atoms with Gasteiger partial charge in [0.25, 0.3) is 5.91 Å². The molecule has 0 fully saturated rings. The summed E-state index contributed by atoms with van der Waals surface area (Å²) >= 11 is 1.35. The van der Waals surface area contributed by atoms with Crippen LogP contribution in [0.15, 0.2) is 30.3 Å². The zero-order chi connectivity index (χ0) is 17.7. The number of hydrogen-bond donors (Lipinski definition) is 1. The van der Waals surface area contributed by atoms with E-state index in [9.17, 15) is 9.59 Å². The van der Waals surface area contributed by atoms with Crippen LogP contribution in [0.4, 0.5) is 5.00 Å². The third-order valence-electron chi connectivity index (χ3n) is 3.07. The molecule has 0 saturated heterocycles. The fourth-order valence-corrected chi connectivity index (χ4v) is 2.99. The number of amides is 1. The Labute approximate surface area is 145 Å².